The molecule has 146 valence electrons. The van der Waals surface area contributed by atoms with Crippen molar-refractivity contribution in [1.82, 2.24) is 0 Å². The fourth-order valence-electron chi connectivity index (χ4n) is 4.70. The monoisotopic (exact) mass is 405 g/mol. The van der Waals surface area contributed by atoms with Gasteiger partial charge in [0.25, 0.3) is 0 Å². The van der Waals surface area contributed by atoms with Gasteiger partial charge < -0.3 is 4.90 Å². The molecule has 0 saturated carbocycles. The fourth-order valence-corrected chi connectivity index (χ4v) is 9.47. The summed E-state index contributed by atoms with van der Waals surface area (Å²) in [6.07, 6.45) is 2.38. The summed E-state index contributed by atoms with van der Waals surface area (Å²) in [7, 11) is -0.304. The second kappa shape index (κ2) is 7.77. The van der Waals surface area contributed by atoms with Gasteiger partial charge in [0.15, 0.2) is 12.9 Å². The highest BCUT2D eigenvalue weighted by Gasteiger charge is 2.54. The van der Waals surface area contributed by atoms with Crippen molar-refractivity contribution in [2.24, 2.45) is 0 Å². The van der Waals surface area contributed by atoms with Gasteiger partial charge >= 0.3 is 8.24 Å². The lowest BCUT2D eigenvalue weighted by atomic mass is 10.1. The molecule has 5 rings (SSSR count). The molecule has 0 unspecified atom stereocenters. The Bertz CT molecular complexity index is 1070. The number of hydrogen-bond acceptors (Lipinski definition) is 1. The van der Waals surface area contributed by atoms with Crippen LogP contribution in [-0.4, -0.2) is 32.4 Å². The molecular weight excluding hydrogens is 380 g/mol. The molecule has 4 aromatic rings. The second-order valence-electron chi connectivity index (χ2n) is 7.81. The van der Waals surface area contributed by atoms with Crippen molar-refractivity contribution in [3.05, 3.63) is 121 Å². The number of benzene rings is 4. The first-order valence-corrected chi connectivity index (χ1v) is 12.3. The van der Waals surface area contributed by atoms with Crippen molar-refractivity contribution in [3.8, 4) is 0 Å². The minimum Gasteiger partial charge on any atom is -0.321 e. The lowest BCUT2D eigenvalue weighted by molar-refractivity contribution is -0.386. The number of para-hydroxylation sites is 1. The first-order chi connectivity index (χ1) is 14.8. The van der Waals surface area contributed by atoms with Crippen molar-refractivity contribution >= 4 is 35.7 Å². The van der Waals surface area contributed by atoms with E-state index in [-0.39, 0.29) is 0 Å². The van der Waals surface area contributed by atoms with Gasteiger partial charge in [0.2, 0.25) is 0 Å². The Labute approximate surface area is 179 Å². The molecule has 1 aliphatic rings. The van der Waals surface area contributed by atoms with Crippen LogP contribution in [0, 0.1) is 0 Å². The van der Waals surface area contributed by atoms with E-state index in [0.717, 1.165) is 6.67 Å². The lowest BCUT2D eigenvalue weighted by Crippen LogP contribution is -2.75. The molecule has 30 heavy (non-hydrogen) atoms. The van der Waals surface area contributed by atoms with E-state index in [2.05, 4.69) is 138 Å². The van der Waals surface area contributed by atoms with Gasteiger partial charge in [-0.25, -0.2) is 0 Å². The summed E-state index contributed by atoms with van der Waals surface area (Å²) in [6.45, 7) is 0.849. The quantitative estimate of drug-likeness (QED) is 0.373. The predicted octanol–water partition coefficient (Wildman–Crippen LogP) is 3.19. The average Bonchev–Trinajstić information content (AvgIpc) is 2.82. The van der Waals surface area contributed by atoms with Crippen LogP contribution in [0.3, 0.4) is 0 Å². The summed E-state index contributed by atoms with van der Waals surface area (Å²) >= 11 is 0. The Kier molecular flexibility index (Phi) is 4.81. The Morgan fingerprint density at radius 3 is 1.53 bits per heavy atom. The minimum absolute atomic E-state index is 0.849. The van der Waals surface area contributed by atoms with Gasteiger partial charge in [0.1, 0.15) is 0 Å². The van der Waals surface area contributed by atoms with E-state index < -0.39 is 8.24 Å². The van der Waals surface area contributed by atoms with Gasteiger partial charge in [0, 0.05) is 22.6 Å². The Hall–Kier alpha value is -3.43. The molecule has 0 amide bonds. The topological polar surface area (TPSA) is 6.25 Å². The molecule has 3 heteroatoms. The first-order valence-electron chi connectivity index (χ1n) is 10.4. The number of rotatable bonds is 4. The highest BCUT2D eigenvalue weighted by Crippen LogP contribution is 2.22. The average molecular weight is 406 g/mol. The van der Waals surface area contributed by atoms with E-state index in [4.69, 9.17) is 0 Å². The van der Waals surface area contributed by atoms with Crippen LogP contribution >= 0.6 is 0 Å². The second-order valence-corrected chi connectivity index (χ2v) is 11.5. The Morgan fingerprint density at radius 1 is 0.600 bits per heavy atom. The van der Waals surface area contributed by atoms with Crippen molar-refractivity contribution < 1.29 is 4.24 Å². The molecule has 2 nitrogen and oxygen atoms in total. The Morgan fingerprint density at radius 2 is 1.03 bits per heavy atom. The maximum Gasteiger partial charge on any atom is 0.458 e. The van der Waals surface area contributed by atoms with Gasteiger partial charge in [0.05, 0.1) is 11.3 Å². The van der Waals surface area contributed by atoms with E-state index in [1.54, 1.807) is 0 Å². The van der Waals surface area contributed by atoms with Crippen LogP contribution in [0.1, 0.15) is 5.56 Å². The zero-order valence-corrected chi connectivity index (χ0v) is 18.1. The molecule has 0 aromatic heterocycles. The van der Waals surface area contributed by atoms with Crippen LogP contribution in [0.4, 0.5) is 5.69 Å². The summed E-state index contributed by atoms with van der Waals surface area (Å²) in [6, 6.07) is 41.9. The van der Waals surface area contributed by atoms with Crippen molar-refractivity contribution in [1.29, 1.82) is 0 Å². The van der Waals surface area contributed by atoms with Crippen molar-refractivity contribution in [2.75, 3.05) is 18.6 Å². The third kappa shape index (κ3) is 2.99. The van der Waals surface area contributed by atoms with Crippen molar-refractivity contribution in [3.63, 3.8) is 0 Å². The number of anilines is 1. The highest BCUT2D eigenvalue weighted by molar-refractivity contribution is 7.06. The SMILES string of the molecule is CN1C[N+]([Si](c2ccccc2)(c2ccccc2)c2ccccc2)=Cc2ccccc21. The van der Waals surface area contributed by atoms with Gasteiger partial charge in [-0.1, -0.05) is 103 Å². The largest absolute Gasteiger partial charge is 0.458 e. The zero-order chi connectivity index (χ0) is 20.4. The molecule has 0 aliphatic carbocycles. The fraction of sp³-hybridized carbons (Fsp3) is 0.0741. The molecule has 0 radical (unpaired) electrons. The normalized spacial score (nSPS) is 13.5. The number of nitrogens with zero attached hydrogens (tertiary/aromatic N) is 2. The van der Waals surface area contributed by atoms with Crippen LogP contribution in [0.15, 0.2) is 115 Å². The van der Waals surface area contributed by atoms with Crippen LogP contribution in [-0.2, 0) is 0 Å². The maximum atomic E-state index is 2.62. The standard InChI is InChI=1S/C27H25N2Si/c1-28-22-29(21-23-13-11-12-20-27(23)28)30(24-14-5-2-6-15-24,25-16-7-3-8-17-25)26-18-9-4-10-19-26/h2-21H,22H2,1H3/q+1. The summed E-state index contributed by atoms with van der Waals surface area (Å²) in [5.41, 5.74) is 2.55. The summed E-state index contributed by atoms with van der Waals surface area (Å²) in [4.78, 5) is 2.37. The molecule has 0 N–H and O–H groups in total. The summed E-state index contributed by atoms with van der Waals surface area (Å²) in [5.74, 6) is 0. The first kappa shape index (κ1) is 18.6. The minimum atomic E-state index is -2.50. The molecule has 4 aromatic carbocycles. The maximum absolute atomic E-state index is 2.62. The molecule has 0 fully saturated rings. The molecule has 0 atom stereocenters. The smallest absolute Gasteiger partial charge is 0.321 e. The van der Waals surface area contributed by atoms with Gasteiger partial charge in [-0.3, -0.25) is 4.24 Å². The van der Waals surface area contributed by atoms with Crippen LogP contribution in [0.2, 0.25) is 0 Å². The number of hydrogen-bond donors (Lipinski definition) is 0. The number of fused-ring (bicyclic) bond motifs is 1. The lowest BCUT2D eigenvalue weighted by Gasteiger charge is -2.34. The van der Waals surface area contributed by atoms with E-state index in [1.807, 2.05) is 0 Å². The Balaban J connectivity index is 1.87. The third-order valence-electron chi connectivity index (χ3n) is 6.01. The van der Waals surface area contributed by atoms with E-state index in [0.29, 0.717) is 0 Å². The van der Waals surface area contributed by atoms with Crippen LogP contribution in [0.25, 0.3) is 0 Å². The highest BCUT2D eigenvalue weighted by atomic mass is 28.3. The van der Waals surface area contributed by atoms with Gasteiger partial charge in [-0.05, 0) is 12.1 Å². The molecule has 0 bridgehead atoms. The summed E-state index contributed by atoms with van der Waals surface area (Å²) in [5, 5.41) is 4.18. The molecule has 1 heterocycles. The predicted molar refractivity (Wildman–Crippen MR) is 129 cm³/mol. The van der Waals surface area contributed by atoms with Crippen LogP contribution < -0.4 is 20.5 Å². The van der Waals surface area contributed by atoms with Gasteiger partial charge in [-0.15, -0.1) is 0 Å². The molecule has 0 spiro atoms. The summed E-state index contributed by atoms with van der Waals surface area (Å²) < 4.78 is 2.62. The van der Waals surface area contributed by atoms with E-state index in [1.165, 1.54) is 26.8 Å². The van der Waals surface area contributed by atoms with Crippen LogP contribution in [0.5, 0.6) is 0 Å². The van der Waals surface area contributed by atoms with E-state index >= 15 is 0 Å². The molecule has 1 aliphatic heterocycles. The van der Waals surface area contributed by atoms with Gasteiger partial charge in [-0.2, -0.15) is 0 Å². The van der Waals surface area contributed by atoms with E-state index in [9.17, 15) is 0 Å². The molecular formula is C27H25N2Si+. The third-order valence-corrected chi connectivity index (χ3v) is 10.7. The molecule has 0 saturated heterocycles. The van der Waals surface area contributed by atoms with Crippen molar-refractivity contribution in [2.45, 2.75) is 0 Å². The zero-order valence-electron chi connectivity index (χ0n) is 17.1.